The maximum absolute atomic E-state index is 11.5. The summed E-state index contributed by atoms with van der Waals surface area (Å²) in [6, 6.07) is 5.92. The third-order valence-electron chi connectivity index (χ3n) is 3.94. The van der Waals surface area contributed by atoms with Crippen molar-refractivity contribution in [2.45, 2.75) is 6.54 Å². The molecule has 0 spiro atoms. The van der Waals surface area contributed by atoms with Crippen LogP contribution < -0.4 is 5.32 Å². The van der Waals surface area contributed by atoms with Crippen molar-refractivity contribution in [2.24, 2.45) is 0 Å². The van der Waals surface area contributed by atoms with Crippen molar-refractivity contribution in [3.63, 3.8) is 0 Å². The fourth-order valence-electron chi connectivity index (χ4n) is 2.65. The number of hydrogen-bond acceptors (Lipinski definition) is 8. The molecule has 0 bridgehead atoms. The van der Waals surface area contributed by atoms with E-state index in [1.807, 2.05) is 18.2 Å². The van der Waals surface area contributed by atoms with Gasteiger partial charge in [0.05, 0.1) is 0 Å². The Labute approximate surface area is 149 Å². The van der Waals surface area contributed by atoms with E-state index in [2.05, 4.69) is 20.2 Å². The molecule has 2 N–H and O–H groups in total. The van der Waals surface area contributed by atoms with Crippen molar-refractivity contribution < 1.29 is 9.90 Å². The number of aromatic nitrogens is 2. The van der Waals surface area contributed by atoms with Gasteiger partial charge in [-0.2, -0.15) is 5.26 Å². The number of nitrogens with one attached hydrogen (secondary N) is 1. The number of carbonyl (C=O) groups excluding carboxylic acids is 1. The van der Waals surface area contributed by atoms with Gasteiger partial charge in [0.2, 0.25) is 5.91 Å². The van der Waals surface area contributed by atoms with Gasteiger partial charge in [0.15, 0.2) is 10.8 Å². The zero-order chi connectivity index (χ0) is 17.6. The first-order chi connectivity index (χ1) is 12.2. The van der Waals surface area contributed by atoms with Gasteiger partial charge in [-0.1, -0.05) is 0 Å². The molecule has 8 nitrogen and oxygen atoms in total. The number of anilines is 2. The quantitative estimate of drug-likeness (QED) is 0.814. The van der Waals surface area contributed by atoms with E-state index in [1.54, 1.807) is 16.5 Å². The normalized spacial score (nSPS) is 15.0. The Hall–Kier alpha value is -2.54. The number of nitriles is 1. The maximum atomic E-state index is 11.5. The van der Waals surface area contributed by atoms with Crippen LogP contribution in [-0.2, 0) is 11.3 Å². The number of thiazole rings is 1. The van der Waals surface area contributed by atoms with E-state index < -0.39 is 6.61 Å². The van der Waals surface area contributed by atoms with Crippen LogP contribution in [0.15, 0.2) is 23.7 Å². The van der Waals surface area contributed by atoms with Crippen molar-refractivity contribution in [3.05, 3.63) is 35.0 Å². The van der Waals surface area contributed by atoms with Crippen molar-refractivity contribution in [1.82, 2.24) is 19.8 Å². The van der Waals surface area contributed by atoms with Gasteiger partial charge in [-0.25, -0.2) is 9.97 Å². The molecular weight excluding hydrogens is 340 g/mol. The third-order valence-corrected chi connectivity index (χ3v) is 4.70. The number of aliphatic hydroxyl groups excluding tert-OH is 1. The Bertz CT molecular complexity index is 779. The van der Waals surface area contributed by atoms with Gasteiger partial charge in [0.1, 0.15) is 18.5 Å². The Balaban J connectivity index is 1.57. The molecule has 2 aromatic rings. The van der Waals surface area contributed by atoms with Crippen molar-refractivity contribution >= 4 is 28.2 Å². The number of pyridine rings is 1. The molecule has 0 atom stereocenters. The molecular formula is C16H18N6O2S. The molecule has 0 radical (unpaired) electrons. The minimum Gasteiger partial charge on any atom is -0.387 e. The van der Waals surface area contributed by atoms with Gasteiger partial charge < -0.3 is 15.3 Å². The lowest BCUT2D eigenvalue weighted by Crippen LogP contribution is -2.49. The van der Waals surface area contributed by atoms with Gasteiger partial charge in [-0.3, -0.25) is 9.69 Å². The summed E-state index contributed by atoms with van der Waals surface area (Å²) in [5.41, 5.74) is 1.50. The topological polar surface area (TPSA) is 105 Å². The molecule has 3 heterocycles. The average molecular weight is 358 g/mol. The molecule has 2 aromatic heterocycles. The molecule has 9 heteroatoms. The van der Waals surface area contributed by atoms with E-state index in [0.717, 1.165) is 25.2 Å². The SMILES string of the molecule is N#Cc1csc(Nc2cc(CN3CCN(C(=O)CO)CC3)ccn2)n1. The van der Waals surface area contributed by atoms with E-state index >= 15 is 0 Å². The second-order valence-electron chi connectivity index (χ2n) is 5.64. The minimum absolute atomic E-state index is 0.213. The zero-order valence-corrected chi connectivity index (χ0v) is 14.4. The smallest absolute Gasteiger partial charge is 0.248 e. The lowest BCUT2D eigenvalue weighted by Gasteiger charge is -2.34. The second kappa shape index (κ2) is 8.02. The summed E-state index contributed by atoms with van der Waals surface area (Å²) in [7, 11) is 0. The molecule has 0 saturated carbocycles. The second-order valence-corrected chi connectivity index (χ2v) is 6.50. The van der Waals surface area contributed by atoms with Crippen molar-refractivity contribution in [1.29, 1.82) is 5.26 Å². The number of amides is 1. The summed E-state index contributed by atoms with van der Waals surface area (Å²) in [4.78, 5) is 23.9. The van der Waals surface area contributed by atoms with Crippen LogP contribution in [-0.4, -0.2) is 63.6 Å². The number of aliphatic hydroxyl groups is 1. The molecule has 1 aliphatic rings. The van der Waals surface area contributed by atoms with Crippen molar-refractivity contribution in [2.75, 3.05) is 38.1 Å². The maximum Gasteiger partial charge on any atom is 0.248 e. The molecule has 130 valence electrons. The van der Waals surface area contributed by atoms with Gasteiger partial charge in [-0.15, -0.1) is 11.3 Å². The summed E-state index contributed by atoms with van der Waals surface area (Å²) in [6.45, 7) is 3.14. The standard InChI is InChI=1S/C16H18N6O2S/c17-8-13-11-25-16(19-13)20-14-7-12(1-2-18-14)9-21-3-5-22(6-4-21)15(24)10-23/h1-2,7,11,23H,3-6,9-10H2,(H,18,19,20). The van der Waals surface area contributed by atoms with E-state index in [1.165, 1.54) is 11.3 Å². The van der Waals surface area contributed by atoms with Gasteiger partial charge >= 0.3 is 0 Å². The third kappa shape index (κ3) is 4.51. The predicted octanol–water partition coefficient (Wildman–Crippen LogP) is 0.790. The van der Waals surface area contributed by atoms with E-state index in [-0.39, 0.29) is 5.91 Å². The van der Waals surface area contributed by atoms with Crippen LogP contribution >= 0.6 is 11.3 Å². The predicted molar refractivity (Wildman–Crippen MR) is 93.3 cm³/mol. The number of hydrogen-bond donors (Lipinski definition) is 2. The first-order valence-electron chi connectivity index (χ1n) is 7.86. The van der Waals surface area contributed by atoms with Crippen LogP contribution in [0.3, 0.4) is 0 Å². The highest BCUT2D eigenvalue weighted by Crippen LogP contribution is 2.20. The minimum atomic E-state index is -0.427. The molecule has 1 aliphatic heterocycles. The fourth-order valence-corrected chi connectivity index (χ4v) is 3.29. The van der Waals surface area contributed by atoms with Crippen LogP contribution in [0.25, 0.3) is 0 Å². The number of carbonyl (C=O) groups is 1. The molecule has 1 saturated heterocycles. The fraction of sp³-hybridized carbons (Fsp3) is 0.375. The van der Waals surface area contributed by atoms with Gasteiger partial charge in [0, 0.05) is 44.3 Å². The summed E-state index contributed by atoms with van der Waals surface area (Å²) in [5, 5.41) is 23.2. The highest BCUT2D eigenvalue weighted by atomic mass is 32.1. The first-order valence-corrected chi connectivity index (χ1v) is 8.74. The summed E-state index contributed by atoms with van der Waals surface area (Å²) < 4.78 is 0. The number of rotatable bonds is 5. The van der Waals surface area contributed by atoms with Crippen molar-refractivity contribution in [3.8, 4) is 6.07 Å². The van der Waals surface area contributed by atoms with E-state index in [9.17, 15) is 4.79 Å². The Morgan fingerprint density at radius 3 is 2.88 bits per heavy atom. The molecule has 1 amide bonds. The molecule has 0 aromatic carbocycles. The van der Waals surface area contributed by atoms with Crippen LogP contribution in [0, 0.1) is 11.3 Å². The van der Waals surface area contributed by atoms with Crippen LogP contribution in [0.4, 0.5) is 10.9 Å². The zero-order valence-electron chi connectivity index (χ0n) is 13.6. The molecule has 1 fully saturated rings. The Morgan fingerprint density at radius 2 is 2.20 bits per heavy atom. The van der Waals surface area contributed by atoms with Gasteiger partial charge in [0.25, 0.3) is 0 Å². The lowest BCUT2D eigenvalue weighted by molar-refractivity contribution is -0.135. The number of nitrogens with zero attached hydrogens (tertiary/aromatic N) is 5. The largest absolute Gasteiger partial charge is 0.387 e. The summed E-state index contributed by atoms with van der Waals surface area (Å²) >= 11 is 1.36. The Morgan fingerprint density at radius 1 is 1.40 bits per heavy atom. The molecule has 0 unspecified atom stereocenters. The molecule has 0 aliphatic carbocycles. The molecule has 3 rings (SSSR count). The van der Waals surface area contributed by atoms with Crippen LogP contribution in [0.1, 0.15) is 11.3 Å². The Kier molecular flexibility index (Phi) is 5.55. The number of piperazine rings is 1. The highest BCUT2D eigenvalue weighted by molar-refractivity contribution is 7.13. The monoisotopic (exact) mass is 358 g/mol. The van der Waals surface area contributed by atoms with Crippen LogP contribution in [0.2, 0.25) is 0 Å². The van der Waals surface area contributed by atoms with Gasteiger partial charge in [-0.05, 0) is 17.7 Å². The lowest BCUT2D eigenvalue weighted by atomic mass is 10.2. The highest BCUT2D eigenvalue weighted by Gasteiger charge is 2.20. The molecule has 25 heavy (non-hydrogen) atoms. The average Bonchev–Trinajstić information content (AvgIpc) is 3.09. The van der Waals surface area contributed by atoms with Crippen LogP contribution in [0.5, 0.6) is 0 Å². The first kappa shape index (κ1) is 17.3. The summed E-state index contributed by atoms with van der Waals surface area (Å²) in [5.74, 6) is 0.473. The van der Waals surface area contributed by atoms with E-state index in [4.69, 9.17) is 10.4 Å². The van der Waals surface area contributed by atoms with E-state index in [0.29, 0.717) is 29.7 Å². The summed E-state index contributed by atoms with van der Waals surface area (Å²) in [6.07, 6.45) is 1.74.